The monoisotopic (exact) mass is 250 g/mol. The van der Waals surface area contributed by atoms with Crippen LogP contribution < -0.4 is 5.30 Å². The standard InChI is InChI=1S/C15H23OP/c1-3-8-13-14(9-4-2)15(13)16-17-12-10-6-5-7-11-12/h5-7,10-11,13-15,17H,3-4,8-9H2,1-2H3. The lowest BCUT2D eigenvalue weighted by molar-refractivity contribution is 0.311. The van der Waals surface area contributed by atoms with Gasteiger partial charge in [0.1, 0.15) is 0 Å². The van der Waals surface area contributed by atoms with Gasteiger partial charge in [0.2, 0.25) is 0 Å². The maximum atomic E-state index is 6.10. The summed E-state index contributed by atoms with van der Waals surface area (Å²) in [6.07, 6.45) is 5.81. The van der Waals surface area contributed by atoms with E-state index >= 15 is 0 Å². The average molecular weight is 250 g/mol. The summed E-state index contributed by atoms with van der Waals surface area (Å²) in [5, 5.41) is 1.32. The van der Waals surface area contributed by atoms with Crippen molar-refractivity contribution in [3.63, 3.8) is 0 Å². The molecular formula is C15H23OP. The summed E-state index contributed by atoms with van der Waals surface area (Å²) in [5.41, 5.74) is 0. The van der Waals surface area contributed by atoms with E-state index in [4.69, 9.17) is 4.52 Å². The second kappa shape index (κ2) is 6.52. The Labute approximate surface area is 107 Å². The molecule has 1 aliphatic carbocycles. The summed E-state index contributed by atoms with van der Waals surface area (Å²) in [6, 6.07) is 10.6. The maximum absolute atomic E-state index is 6.10. The highest BCUT2D eigenvalue weighted by molar-refractivity contribution is 7.41. The first-order chi connectivity index (χ1) is 8.36. The molecule has 1 aromatic rings. The number of benzene rings is 1. The minimum Gasteiger partial charge on any atom is -0.354 e. The molecule has 17 heavy (non-hydrogen) atoms. The summed E-state index contributed by atoms with van der Waals surface area (Å²) < 4.78 is 6.10. The third-order valence-corrected chi connectivity index (χ3v) is 4.54. The SMILES string of the molecule is CCCC1C(CCC)C1OPc1ccccc1. The fourth-order valence-electron chi connectivity index (χ4n) is 2.65. The normalized spacial score (nSPS) is 27.8. The van der Waals surface area contributed by atoms with E-state index in [0.717, 1.165) is 11.8 Å². The van der Waals surface area contributed by atoms with Crippen LogP contribution in [-0.2, 0) is 4.52 Å². The van der Waals surface area contributed by atoms with Crippen LogP contribution in [-0.4, -0.2) is 6.10 Å². The molecule has 2 heteroatoms. The van der Waals surface area contributed by atoms with Crippen LogP contribution in [0.3, 0.4) is 0 Å². The number of hydrogen-bond donors (Lipinski definition) is 0. The van der Waals surface area contributed by atoms with Gasteiger partial charge >= 0.3 is 0 Å². The van der Waals surface area contributed by atoms with Crippen LogP contribution in [0.2, 0.25) is 0 Å². The van der Waals surface area contributed by atoms with Gasteiger partial charge in [-0.15, -0.1) is 0 Å². The molecule has 0 N–H and O–H groups in total. The van der Waals surface area contributed by atoms with Gasteiger partial charge in [0, 0.05) is 8.81 Å². The van der Waals surface area contributed by atoms with E-state index in [0.29, 0.717) is 14.9 Å². The van der Waals surface area contributed by atoms with Gasteiger partial charge in [-0.3, -0.25) is 0 Å². The van der Waals surface area contributed by atoms with Crippen LogP contribution in [0, 0.1) is 11.8 Å². The van der Waals surface area contributed by atoms with Gasteiger partial charge in [-0.1, -0.05) is 57.0 Å². The van der Waals surface area contributed by atoms with Crippen molar-refractivity contribution in [3.8, 4) is 0 Å². The van der Waals surface area contributed by atoms with Crippen molar-refractivity contribution in [2.45, 2.75) is 45.6 Å². The fraction of sp³-hybridized carbons (Fsp3) is 0.600. The Kier molecular flexibility index (Phi) is 5.00. The molecule has 1 aromatic carbocycles. The molecule has 0 amide bonds. The van der Waals surface area contributed by atoms with E-state index in [1.807, 2.05) is 0 Å². The summed E-state index contributed by atoms with van der Waals surface area (Å²) >= 11 is 0. The molecule has 1 nitrogen and oxygen atoms in total. The Balaban J connectivity index is 1.79. The van der Waals surface area contributed by atoms with Crippen molar-refractivity contribution in [2.75, 3.05) is 0 Å². The van der Waals surface area contributed by atoms with Gasteiger partial charge in [0.15, 0.2) is 0 Å². The third kappa shape index (κ3) is 3.53. The van der Waals surface area contributed by atoms with E-state index in [-0.39, 0.29) is 0 Å². The lowest BCUT2D eigenvalue weighted by Crippen LogP contribution is -1.97. The molecule has 0 radical (unpaired) electrons. The largest absolute Gasteiger partial charge is 0.354 e. The highest BCUT2D eigenvalue weighted by Gasteiger charge is 2.49. The first-order valence-corrected chi connectivity index (χ1v) is 7.74. The number of rotatable bonds is 7. The molecule has 2 rings (SSSR count). The van der Waals surface area contributed by atoms with Crippen LogP contribution in [0.4, 0.5) is 0 Å². The molecular weight excluding hydrogens is 227 g/mol. The second-order valence-corrected chi connectivity index (χ2v) is 5.97. The van der Waals surface area contributed by atoms with Gasteiger partial charge in [-0.05, 0) is 30.0 Å². The van der Waals surface area contributed by atoms with Crippen molar-refractivity contribution >= 4 is 14.1 Å². The molecule has 3 atom stereocenters. The van der Waals surface area contributed by atoms with E-state index in [2.05, 4.69) is 44.2 Å². The quantitative estimate of drug-likeness (QED) is 0.661. The Morgan fingerprint density at radius 1 is 1.00 bits per heavy atom. The van der Waals surface area contributed by atoms with Gasteiger partial charge in [-0.2, -0.15) is 0 Å². The molecule has 0 heterocycles. The molecule has 1 aliphatic rings. The predicted molar refractivity (Wildman–Crippen MR) is 76.1 cm³/mol. The predicted octanol–water partition coefficient (Wildman–Crippen LogP) is 4.14. The van der Waals surface area contributed by atoms with Crippen molar-refractivity contribution < 1.29 is 4.52 Å². The van der Waals surface area contributed by atoms with Gasteiger partial charge in [0.25, 0.3) is 0 Å². The topological polar surface area (TPSA) is 9.23 Å². The minimum absolute atomic E-state index is 0.528. The molecule has 0 aliphatic heterocycles. The van der Waals surface area contributed by atoms with Crippen LogP contribution >= 0.6 is 8.81 Å². The van der Waals surface area contributed by atoms with Gasteiger partial charge in [-0.25, -0.2) is 0 Å². The van der Waals surface area contributed by atoms with E-state index in [9.17, 15) is 0 Å². The van der Waals surface area contributed by atoms with Crippen LogP contribution in [0.25, 0.3) is 0 Å². The number of hydrogen-bond acceptors (Lipinski definition) is 1. The zero-order chi connectivity index (χ0) is 12.1. The molecule has 1 saturated carbocycles. The Hall–Kier alpha value is -0.390. The summed E-state index contributed by atoms with van der Waals surface area (Å²) in [7, 11) is 0.528. The smallest absolute Gasteiger partial charge is 0.0682 e. The van der Waals surface area contributed by atoms with Crippen LogP contribution in [0.1, 0.15) is 39.5 Å². The molecule has 0 bridgehead atoms. The van der Waals surface area contributed by atoms with E-state index < -0.39 is 0 Å². The van der Waals surface area contributed by atoms with Crippen LogP contribution in [0.15, 0.2) is 30.3 Å². The highest BCUT2D eigenvalue weighted by Crippen LogP contribution is 2.50. The average Bonchev–Trinajstić information content (AvgIpc) is 3.01. The molecule has 1 fully saturated rings. The van der Waals surface area contributed by atoms with Gasteiger partial charge in [0.05, 0.1) is 6.10 Å². The van der Waals surface area contributed by atoms with Crippen LogP contribution in [0.5, 0.6) is 0 Å². The van der Waals surface area contributed by atoms with Gasteiger partial charge < -0.3 is 4.52 Å². The fourth-order valence-corrected chi connectivity index (χ4v) is 3.60. The third-order valence-electron chi connectivity index (χ3n) is 3.58. The molecule has 0 aromatic heterocycles. The lowest BCUT2D eigenvalue weighted by Gasteiger charge is -2.03. The zero-order valence-corrected chi connectivity index (χ0v) is 11.9. The Morgan fingerprint density at radius 2 is 1.59 bits per heavy atom. The lowest BCUT2D eigenvalue weighted by atomic mass is 10.1. The summed E-state index contributed by atoms with van der Waals surface area (Å²) in [6.45, 7) is 4.55. The molecule has 3 unspecified atom stereocenters. The maximum Gasteiger partial charge on any atom is 0.0682 e. The zero-order valence-electron chi connectivity index (χ0n) is 10.9. The highest BCUT2D eigenvalue weighted by atomic mass is 31.1. The van der Waals surface area contributed by atoms with E-state index in [1.165, 1.54) is 31.0 Å². The Morgan fingerprint density at radius 3 is 2.12 bits per heavy atom. The first kappa shape index (κ1) is 13.1. The van der Waals surface area contributed by atoms with Crippen molar-refractivity contribution in [1.82, 2.24) is 0 Å². The summed E-state index contributed by atoms with van der Waals surface area (Å²) in [4.78, 5) is 0. The Bertz CT molecular complexity index is 313. The second-order valence-electron chi connectivity index (χ2n) is 4.96. The molecule has 0 spiro atoms. The summed E-state index contributed by atoms with van der Waals surface area (Å²) in [5.74, 6) is 1.69. The minimum atomic E-state index is 0.528. The van der Waals surface area contributed by atoms with Crippen molar-refractivity contribution in [3.05, 3.63) is 30.3 Å². The molecule has 94 valence electrons. The van der Waals surface area contributed by atoms with E-state index in [1.54, 1.807) is 0 Å². The first-order valence-electron chi connectivity index (χ1n) is 6.83. The van der Waals surface area contributed by atoms with Crippen molar-refractivity contribution in [1.29, 1.82) is 0 Å². The van der Waals surface area contributed by atoms with Crippen molar-refractivity contribution in [2.24, 2.45) is 11.8 Å². The molecule has 0 saturated heterocycles.